The second-order valence-electron chi connectivity index (χ2n) is 3.55. The summed E-state index contributed by atoms with van der Waals surface area (Å²) in [6, 6.07) is 0. The van der Waals surface area contributed by atoms with Gasteiger partial charge in [-0.1, -0.05) is 6.92 Å². The van der Waals surface area contributed by atoms with E-state index in [1.165, 1.54) is 0 Å². The van der Waals surface area contributed by atoms with Gasteiger partial charge in [0.2, 0.25) is 0 Å². The lowest BCUT2D eigenvalue weighted by atomic mass is 9.84. The predicted molar refractivity (Wildman–Crippen MR) is 44.8 cm³/mol. The van der Waals surface area contributed by atoms with Crippen molar-refractivity contribution in [3.05, 3.63) is 0 Å². The van der Waals surface area contributed by atoms with Gasteiger partial charge in [0.05, 0.1) is 6.10 Å². The van der Waals surface area contributed by atoms with Crippen LogP contribution in [0.5, 0.6) is 0 Å². The molecule has 3 unspecified atom stereocenters. The third-order valence-electron chi connectivity index (χ3n) is 2.78. The minimum Gasteiger partial charge on any atom is -0.393 e. The van der Waals surface area contributed by atoms with Crippen molar-refractivity contribution in [1.82, 2.24) is 0 Å². The van der Waals surface area contributed by atoms with Crippen LogP contribution in [-0.4, -0.2) is 29.7 Å². The molecule has 0 aromatic heterocycles. The van der Waals surface area contributed by atoms with Gasteiger partial charge in [-0.15, -0.1) is 0 Å². The maximum atomic E-state index is 10.8. The highest BCUT2D eigenvalue weighted by Gasteiger charge is 2.42. The normalized spacial score (nSPS) is 34.6. The van der Waals surface area contributed by atoms with E-state index in [4.69, 9.17) is 4.74 Å². The largest absolute Gasteiger partial charge is 0.393 e. The summed E-state index contributed by atoms with van der Waals surface area (Å²) in [6.45, 7) is 4.18. The molecule has 1 aliphatic rings. The van der Waals surface area contributed by atoms with Gasteiger partial charge in [0.1, 0.15) is 5.60 Å². The van der Waals surface area contributed by atoms with Crippen molar-refractivity contribution < 1.29 is 14.6 Å². The molecule has 70 valence electrons. The molecular formula is C9H16O3. The van der Waals surface area contributed by atoms with Gasteiger partial charge >= 0.3 is 0 Å². The summed E-state index contributed by atoms with van der Waals surface area (Å²) in [4.78, 5) is 10.8. The molecule has 1 rings (SSSR count). The van der Waals surface area contributed by atoms with E-state index in [0.717, 1.165) is 19.1 Å². The molecule has 0 radical (unpaired) electrons. The van der Waals surface area contributed by atoms with Gasteiger partial charge in [0.25, 0.3) is 0 Å². The number of rotatable bonds is 3. The highest BCUT2D eigenvalue weighted by molar-refractivity contribution is 5.63. The number of aldehydes is 1. The Labute approximate surface area is 72.7 Å². The fourth-order valence-corrected chi connectivity index (χ4v) is 1.65. The molecule has 1 fully saturated rings. The van der Waals surface area contributed by atoms with Crippen molar-refractivity contribution in [1.29, 1.82) is 0 Å². The standard InChI is InChI=1S/C9H16O3/c1-7(8(2)11)9(6-10)4-3-5-12-9/h6-8,11H,3-5H2,1-2H3. The van der Waals surface area contributed by atoms with Crippen LogP contribution in [-0.2, 0) is 9.53 Å². The Morgan fingerprint density at radius 1 is 1.58 bits per heavy atom. The first-order valence-corrected chi connectivity index (χ1v) is 4.41. The monoisotopic (exact) mass is 172 g/mol. The summed E-state index contributed by atoms with van der Waals surface area (Å²) < 4.78 is 5.38. The molecule has 0 aromatic carbocycles. The van der Waals surface area contributed by atoms with Gasteiger partial charge in [0, 0.05) is 12.5 Å². The molecule has 3 atom stereocenters. The number of hydrogen-bond donors (Lipinski definition) is 1. The van der Waals surface area contributed by atoms with Crippen LogP contribution in [0.4, 0.5) is 0 Å². The fraction of sp³-hybridized carbons (Fsp3) is 0.889. The zero-order chi connectivity index (χ0) is 9.19. The Morgan fingerprint density at radius 3 is 2.58 bits per heavy atom. The van der Waals surface area contributed by atoms with Crippen molar-refractivity contribution in [3.63, 3.8) is 0 Å². The maximum absolute atomic E-state index is 10.8. The molecule has 0 spiro atoms. The van der Waals surface area contributed by atoms with Crippen LogP contribution in [0, 0.1) is 5.92 Å². The predicted octanol–water partition coefficient (Wildman–Crippen LogP) is 0.751. The first-order valence-electron chi connectivity index (χ1n) is 4.41. The number of aliphatic hydroxyl groups is 1. The van der Waals surface area contributed by atoms with Crippen LogP contribution in [0.3, 0.4) is 0 Å². The van der Waals surface area contributed by atoms with Crippen molar-refractivity contribution in [2.24, 2.45) is 5.92 Å². The molecule has 0 aromatic rings. The summed E-state index contributed by atoms with van der Waals surface area (Å²) in [5.74, 6) is -0.113. The molecule has 0 bridgehead atoms. The Morgan fingerprint density at radius 2 is 2.25 bits per heavy atom. The Hall–Kier alpha value is -0.410. The van der Waals surface area contributed by atoms with E-state index in [1.54, 1.807) is 6.92 Å². The van der Waals surface area contributed by atoms with E-state index >= 15 is 0 Å². The van der Waals surface area contributed by atoms with E-state index in [2.05, 4.69) is 0 Å². The van der Waals surface area contributed by atoms with Gasteiger partial charge < -0.3 is 14.6 Å². The quantitative estimate of drug-likeness (QED) is 0.639. The molecule has 3 nitrogen and oxygen atoms in total. The number of ether oxygens (including phenoxy) is 1. The van der Waals surface area contributed by atoms with E-state index in [9.17, 15) is 9.90 Å². The van der Waals surface area contributed by atoms with E-state index < -0.39 is 11.7 Å². The average molecular weight is 172 g/mol. The minimum atomic E-state index is -0.714. The van der Waals surface area contributed by atoms with Gasteiger partial charge in [0.15, 0.2) is 6.29 Å². The van der Waals surface area contributed by atoms with Crippen LogP contribution in [0.1, 0.15) is 26.7 Å². The Balaban J connectivity index is 2.71. The molecule has 1 aliphatic heterocycles. The second kappa shape index (κ2) is 3.54. The van der Waals surface area contributed by atoms with Crippen molar-refractivity contribution in [2.75, 3.05) is 6.61 Å². The lowest BCUT2D eigenvalue weighted by Crippen LogP contribution is -2.42. The zero-order valence-electron chi connectivity index (χ0n) is 7.62. The third kappa shape index (κ3) is 1.52. The highest BCUT2D eigenvalue weighted by Crippen LogP contribution is 2.32. The molecule has 0 aliphatic carbocycles. The van der Waals surface area contributed by atoms with E-state index in [0.29, 0.717) is 6.61 Å². The first-order chi connectivity index (χ1) is 5.62. The molecule has 12 heavy (non-hydrogen) atoms. The van der Waals surface area contributed by atoms with E-state index in [-0.39, 0.29) is 5.92 Å². The molecule has 0 amide bonds. The molecular weight excluding hydrogens is 156 g/mol. The van der Waals surface area contributed by atoms with Gasteiger partial charge in [-0.3, -0.25) is 0 Å². The summed E-state index contributed by atoms with van der Waals surface area (Å²) in [5.41, 5.74) is -0.714. The molecule has 1 saturated heterocycles. The molecule has 3 heteroatoms. The Kier molecular flexibility index (Phi) is 2.85. The summed E-state index contributed by atoms with van der Waals surface area (Å²) in [6.07, 6.45) is 2.00. The number of carbonyl (C=O) groups excluding carboxylic acids is 1. The fourth-order valence-electron chi connectivity index (χ4n) is 1.65. The molecule has 1 heterocycles. The van der Waals surface area contributed by atoms with Gasteiger partial charge in [-0.05, 0) is 19.8 Å². The first kappa shape index (κ1) is 9.68. The van der Waals surface area contributed by atoms with Crippen LogP contribution in [0.15, 0.2) is 0 Å². The van der Waals surface area contributed by atoms with Crippen molar-refractivity contribution in [2.45, 2.75) is 38.4 Å². The number of carbonyl (C=O) groups is 1. The Bertz CT molecular complexity index is 159. The van der Waals surface area contributed by atoms with Crippen LogP contribution in [0.2, 0.25) is 0 Å². The van der Waals surface area contributed by atoms with Crippen LogP contribution in [0.25, 0.3) is 0 Å². The van der Waals surface area contributed by atoms with E-state index in [1.807, 2.05) is 6.92 Å². The summed E-state index contributed by atoms with van der Waals surface area (Å²) in [5, 5.41) is 9.34. The third-order valence-corrected chi connectivity index (χ3v) is 2.78. The van der Waals surface area contributed by atoms with Crippen LogP contribution < -0.4 is 0 Å². The van der Waals surface area contributed by atoms with Gasteiger partial charge in [-0.2, -0.15) is 0 Å². The SMILES string of the molecule is CC(O)C(C)C1(C=O)CCCO1. The maximum Gasteiger partial charge on any atom is 0.152 e. The van der Waals surface area contributed by atoms with Crippen molar-refractivity contribution in [3.8, 4) is 0 Å². The van der Waals surface area contributed by atoms with Gasteiger partial charge in [-0.25, -0.2) is 0 Å². The summed E-state index contributed by atoms with van der Waals surface area (Å²) in [7, 11) is 0. The highest BCUT2D eigenvalue weighted by atomic mass is 16.5. The van der Waals surface area contributed by atoms with Crippen molar-refractivity contribution >= 4 is 6.29 Å². The molecule has 1 N–H and O–H groups in total. The topological polar surface area (TPSA) is 46.5 Å². The number of hydrogen-bond acceptors (Lipinski definition) is 3. The minimum absolute atomic E-state index is 0.113. The smallest absolute Gasteiger partial charge is 0.152 e. The zero-order valence-corrected chi connectivity index (χ0v) is 7.62. The molecule has 0 saturated carbocycles. The number of aliphatic hydroxyl groups excluding tert-OH is 1. The van der Waals surface area contributed by atoms with Crippen LogP contribution >= 0.6 is 0 Å². The summed E-state index contributed by atoms with van der Waals surface area (Å²) >= 11 is 0. The average Bonchev–Trinajstić information content (AvgIpc) is 2.52. The lowest BCUT2D eigenvalue weighted by molar-refractivity contribution is -0.136. The lowest BCUT2D eigenvalue weighted by Gasteiger charge is -2.30. The second-order valence-corrected chi connectivity index (χ2v) is 3.55.